The van der Waals surface area contributed by atoms with E-state index in [1.165, 1.54) is 16.3 Å². The molecule has 1 aromatic rings. The number of nitrogens with zero attached hydrogens (tertiary/aromatic N) is 2. The van der Waals surface area contributed by atoms with Crippen molar-refractivity contribution in [3.8, 4) is 0 Å². The highest BCUT2D eigenvalue weighted by atomic mass is 79.9. The van der Waals surface area contributed by atoms with E-state index >= 15 is 0 Å². The maximum Gasteiger partial charge on any atom is 0.268 e. The fraction of sp³-hybridized carbons (Fsp3) is 0.125. The van der Waals surface area contributed by atoms with Gasteiger partial charge in [0.15, 0.2) is 5.11 Å². The monoisotopic (exact) mass is 303 g/mol. The number of nitrogens with one attached hydrogen (secondary N) is 1. The number of amides is 1. The van der Waals surface area contributed by atoms with Crippen molar-refractivity contribution in [2.75, 3.05) is 6.54 Å². The minimum absolute atomic E-state index is 0.133. The molecule has 0 aliphatic carbocycles. The predicted molar refractivity (Wildman–Crippen MR) is 67.1 cm³/mol. The van der Waals surface area contributed by atoms with Crippen LogP contribution >= 0.6 is 39.5 Å². The molecule has 0 radical (unpaired) electrons. The number of hydrazone groups is 1. The average Bonchev–Trinajstić information content (AvgIpc) is 2.73. The second-order valence-electron chi connectivity index (χ2n) is 2.75. The third-order valence-electron chi connectivity index (χ3n) is 1.71. The number of hydrogen-bond donors (Lipinski definition) is 1. The minimum Gasteiger partial charge on any atom is -0.352 e. The molecule has 1 amide bonds. The van der Waals surface area contributed by atoms with E-state index in [9.17, 15) is 4.79 Å². The third kappa shape index (κ3) is 2.42. The van der Waals surface area contributed by atoms with Crippen molar-refractivity contribution in [2.24, 2.45) is 5.10 Å². The van der Waals surface area contributed by atoms with Crippen molar-refractivity contribution in [1.82, 2.24) is 10.3 Å². The topological polar surface area (TPSA) is 44.7 Å². The molecular weight excluding hydrogens is 298 g/mol. The first kappa shape index (κ1) is 10.7. The summed E-state index contributed by atoms with van der Waals surface area (Å²) in [5.74, 6) is -0.133. The highest BCUT2D eigenvalue weighted by Crippen LogP contribution is 2.20. The summed E-state index contributed by atoms with van der Waals surface area (Å²) in [6.45, 7) is 0.226. The summed E-state index contributed by atoms with van der Waals surface area (Å²) in [5, 5.41) is 8.31. The Morgan fingerprint density at radius 2 is 2.47 bits per heavy atom. The number of halogens is 1. The van der Waals surface area contributed by atoms with E-state index in [2.05, 4.69) is 26.3 Å². The van der Waals surface area contributed by atoms with Crippen LogP contribution in [0.25, 0.3) is 0 Å². The molecular formula is C8H6BrN3OS2. The molecule has 0 unspecified atom stereocenters. The summed E-state index contributed by atoms with van der Waals surface area (Å²) in [7, 11) is 0. The van der Waals surface area contributed by atoms with Gasteiger partial charge in [0.05, 0.1) is 16.5 Å². The zero-order valence-corrected chi connectivity index (χ0v) is 10.7. The van der Waals surface area contributed by atoms with E-state index in [1.807, 2.05) is 12.1 Å². The number of carbonyl (C=O) groups excluding carboxylic acids is 1. The standard InChI is InChI=1S/C8H6BrN3OS2/c9-6-2-1-5(15-6)3-11-12-7(13)4-10-8(12)14/h1-3H,4H2,(H,10,14)/b11-3+. The second-order valence-corrected chi connectivity index (χ2v) is 5.63. The first-order valence-electron chi connectivity index (χ1n) is 4.07. The van der Waals surface area contributed by atoms with Gasteiger partial charge in [-0.1, -0.05) is 0 Å². The van der Waals surface area contributed by atoms with Gasteiger partial charge in [0, 0.05) is 4.88 Å². The summed E-state index contributed by atoms with van der Waals surface area (Å²) < 4.78 is 1.03. The molecule has 2 heterocycles. The molecule has 1 aromatic heterocycles. The highest BCUT2D eigenvalue weighted by Gasteiger charge is 2.24. The summed E-state index contributed by atoms with van der Waals surface area (Å²) in [6, 6.07) is 3.84. The summed E-state index contributed by atoms with van der Waals surface area (Å²) in [6.07, 6.45) is 1.62. The average molecular weight is 304 g/mol. The Balaban J connectivity index is 2.11. The van der Waals surface area contributed by atoms with Crippen molar-refractivity contribution in [1.29, 1.82) is 0 Å². The molecule has 1 N–H and O–H groups in total. The van der Waals surface area contributed by atoms with Gasteiger partial charge in [-0.25, -0.2) is 0 Å². The highest BCUT2D eigenvalue weighted by molar-refractivity contribution is 9.11. The number of hydrogen-bond acceptors (Lipinski definition) is 4. The van der Waals surface area contributed by atoms with Crippen LogP contribution in [-0.4, -0.2) is 28.8 Å². The Hall–Kier alpha value is -0.790. The van der Waals surface area contributed by atoms with Crippen molar-refractivity contribution in [3.63, 3.8) is 0 Å². The van der Waals surface area contributed by atoms with Gasteiger partial charge in [-0.3, -0.25) is 4.79 Å². The van der Waals surface area contributed by atoms with Gasteiger partial charge in [-0.15, -0.1) is 11.3 Å². The smallest absolute Gasteiger partial charge is 0.268 e. The molecule has 0 spiro atoms. The molecule has 1 fully saturated rings. The van der Waals surface area contributed by atoms with E-state index < -0.39 is 0 Å². The van der Waals surface area contributed by atoms with E-state index in [0.29, 0.717) is 5.11 Å². The number of thiocarbonyl (C=S) groups is 1. The van der Waals surface area contributed by atoms with Crippen molar-refractivity contribution in [3.05, 3.63) is 20.8 Å². The lowest BCUT2D eigenvalue weighted by Crippen LogP contribution is -2.25. The zero-order chi connectivity index (χ0) is 10.8. The lowest BCUT2D eigenvalue weighted by molar-refractivity contribution is -0.124. The van der Waals surface area contributed by atoms with Gasteiger partial charge >= 0.3 is 0 Å². The lowest BCUT2D eigenvalue weighted by atomic mass is 10.5. The Morgan fingerprint density at radius 1 is 1.67 bits per heavy atom. The fourth-order valence-corrected chi connectivity index (χ4v) is 2.55. The molecule has 0 bridgehead atoms. The van der Waals surface area contributed by atoms with E-state index in [1.54, 1.807) is 6.21 Å². The molecule has 1 aliphatic heterocycles. The summed E-state index contributed by atoms with van der Waals surface area (Å²) in [5.41, 5.74) is 0. The van der Waals surface area contributed by atoms with Crippen LogP contribution in [0.1, 0.15) is 4.88 Å². The maximum absolute atomic E-state index is 11.3. The van der Waals surface area contributed by atoms with Crippen molar-refractivity contribution in [2.45, 2.75) is 0 Å². The molecule has 0 aromatic carbocycles. The van der Waals surface area contributed by atoms with Gasteiger partial charge in [0.25, 0.3) is 5.91 Å². The van der Waals surface area contributed by atoms with Gasteiger partial charge in [-0.05, 0) is 40.3 Å². The normalized spacial score (nSPS) is 16.5. The number of thiophene rings is 1. The van der Waals surface area contributed by atoms with Crippen LogP contribution in [0.15, 0.2) is 21.0 Å². The molecule has 0 atom stereocenters. The number of rotatable bonds is 2. The minimum atomic E-state index is -0.133. The lowest BCUT2D eigenvalue weighted by Gasteiger charge is -2.05. The van der Waals surface area contributed by atoms with Crippen LogP contribution < -0.4 is 5.32 Å². The molecule has 1 saturated heterocycles. The van der Waals surface area contributed by atoms with Crippen LogP contribution in [0.5, 0.6) is 0 Å². The Kier molecular flexibility index (Phi) is 3.13. The van der Waals surface area contributed by atoms with Crippen LogP contribution in [0.2, 0.25) is 0 Å². The first-order valence-corrected chi connectivity index (χ1v) is 6.09. The van der Waals surface area contributed by atoms with Crippen LogP contribution in [-0.2, 0) is 4.79 Å². The summed E-state index contributed by atoms with van der Waals surface area (Å²) in [4.78, 5) is 12.2. The van der Waals surface area contributed by atoms with E-state index in [0.717, 1.165) is 8.66 Å². The third-order valence-corrected chi connectivity index (χ3v) is 3.59. The maximum atomic E-state index is 11.3. The summed E-state index contributed by atoms with van der Waals surface area (Å²) >= 11 is 9.80. The SMILES string of the molecule is O=C1CNC(=S)N1/N=C/c1ccc(Br)s1. The number of carbonyl (C=O) groups is 1. The molecule has 0 saturated carbocycles. The van der Waals surface area contributed by atoms with E-state index in [-0.39, 0.29) is 12.5 Å². The quantitative estimate of drug-likeness (QED) is 0.666. The largest absolute Gasteiger partial charge is 0.352 e. The molecule has 1 aliphatic rings. The van der Waals surface area contributed by atoms with Gasteiger partial charge in [0.2, 0.25) is 0 Å². The molecule has 15 heavy (non-hydrogen) atoms. The second kappa shape index (κ2) is 4.38. The van der Waals surface area contributed by atoms with Crippen molar-refractivity contribution >= 4 is 56.7 Å². The van der Waals surface area contributed by atoms with Crippen LogP contribution in [0.3, 0.4) is 0 Å². The Labute approximate surface area is 104 Å². The van der Waals surface area contributed by atoms with Gasteiger partial charge < -0.3 is 5.32 Å². The van der Waals surface area contributed by atoms with Gasteiger partial charge in [-0.2, -0.15) is 10.1 Å². The molecule has 4 nitrogen and oxygen atoms in total. The zero-order valence-electron chi connectivity index (χ0n) is 7.44. The van der Waals surface area contributed by atoms with Crippen LogP contribution in [0.4, 0.5) is 0 Å². The van der Waals surface area contributed by atoms with Crippen LogP contribution in [0, 0.1) is 0 Å². The predicted octanol–water partition coefficient (Wildman–Crippen LogP) is 1.56. The fourth-order valence-electron chi connectivity index (χ4n) is 1.04. The Bertz CT molecular complexity index is 427. The Morgan fingerprint density at radius 3 is 3.00 bits per heavy atom. The molecule has 78 valence electrons. The first-order chi connectivity index (χ1) is 7.16. The van der Waals surface area contributed by atoms with Crippen molar-refractivity contribution < 1.29 is 4.79 Å². The van der Waals surface area contributed by atoms with E-state index in [4.69, 9.17) is 12.2 Å². The molecule has 7 heteroatoms. The van der Waals surface area contributed by atoms with Gasteiger partial charge in [0.1, 0.15) is 0 Å². The molecule has 2 rings (SSSR count).